The van der Waals surface area contributed by atoms with Gasteiger partial charge in [-0.05, 0) is 48.8 Å². The number of rotatable bonds is 3. The molecule has 1 atom stereocenters. The summed E-state index contributed by atoms with van der Waals surface area (Å²) >= 11 is 3.55. The Balaban J connectivity index is 1.40. The highest BCUT2D eigenvalue weighted by atomic mass is 32.2. The highest BCUT2D eigenvalue weighted by molar-refractivity contribution is 7.99. The van der Waals surface area contributed by atoms with E-state index >= 15 is 0 Å². The maximum Gasteiger partial charge on any atom is 0.185 e. The number of nitrogens with one attached hydrogen (secondary N) is 1. The molecular weight excluding hydrogens is 329 g/mol. The van der Waals surface area contributed by atoms with Gasteiger partial charge >= 0.3 is 0 Å². The standard InChI is InChI=1S/C17H20FN3S2/c18-12-1-2-16-14(11-12)15(5-9-22-16)20-13-3-7-21(8-4-13)17-19-6-10-23-17/h1-2,6,10-11,13,15,20H,3-5,7-9H2. The van der Waals surface area contributed by atoms with Crippen LogP contribution in [0, 0.1) is 5.82 Å². The van der Waals surface area contributed by atoms with Crippen molar-refractivity contribution in [3.8, 4) is 0 Å². The number of benzene rings is 1. The monoisotopic (exact) mass is 349 g/mol. The average Bonchev–Trinajstić information content (AvgIpc) is 3.11. The summed E-state index contributed by atoms with van der Waals surface area (Å²) in [6.07, 6.45) is 5.19. The van der Waals surface area contributed by atoms with Crippen LogP contribution in [0.1, 0.15) is 30.9 Å². The molecule has 0 saturated carbocycles. The third-order valence-corrected chi connectivity index (χ3v) is 6.59. The van der Waals surface area contributed by atoms with Crippen LogP contribution in [0.5, 0.6) is 0 Å². The Morgan fingerprint density at radius 3 is 2.87 bits per heavy atom. The molecule has 0 amide bonds. The van der Waals surface area contributed by atoms with E-state index in [1.165, 1.54) is 4.90 Å². The fourth-order valence-corrected chi connectivity index (χ4v) is 5.23. The van der Waals surface area contributed by atoms with Gasteiger partial charge in [-0.25, -0.2) is 9.37 Å². The highest BCUT2D eigenvalue weighted by Crippen LogP contribution is 2.37. The molecule has 6 heteroatoms. The third-order valence-electron chi connectivity index (χ3n) is 4.63. The van der Waals surface area contributed by atoms with Crippen molar-refractivity contribution in [1.29, 1.82) is 0 Å². The van der Waals surface area contributed by atoms with Crippen LogP contribution in [0.2, 0.25) is 0 Å². The normalized spacial score (nSPS) is 22.1. The van der Waals surface area contributed by atoms with E-state index in [1.807, 2.05) is 29.4 Å². The second kappa shape index (κ2) is 6.79. The van der Waals surface area contributed by atoms with E-state index in [1.54, 1.807) is 23.5 Å². The Kier molecular flexibility index (Phi) is 4.55. The minimum atomic E-state index is -0.128. The van der Waals surface area contributed by atoms with Gasteiger partial charge in [0.25, 0.3) is 0 Å². The maximum absolute atomic E-state index is 13.6. The Bertz CT molecular complexity index is 654. The molecule has 2 aliphatic rings. The second-order valence-electron chi connectivity index (χ2n) is 6.11. The first-order valence-corrected chi connectivity index (χ1v) is 9.99. The summed E-state index contributed by atoms with van der Waals surface area (Å²) in [5, 5.41) is 6.95. The lowest BCUT2D eigenvalue weighted by molar-refractivity contribution is 0.360. The molecule has 1 N–H and O–H groups in total. The molecule has 0 bridgehead atoms. The van der Waals surface area contributed by atoms with Crippen molar-refractivity contribution in [3.63, 3.8) is 0 Å². The largest absolute Gasteiger partial charge is 0.348 e. The molecule has 1 unspecified atom stereocenters. The summed E-state index contributed by atoms with van der Waals surface area (Å²) in [4.78, 5) is 8.00. The van der Waals surface area contributed by atoms with Gasteiger partial charge in [0.1, 0.15) is 5.82 Å². The first-order chi connectivity index (χ1) is 11.3. The highest BCUT2D eigenvalue weighted by Gasteiger charge is 2.26. The number of aromatic nitrogens is 1. The minimum absolute atomic E-state index is 0.128. The molecule has 0 radical (unpaired) electrons. The van der Waals surface area contributed by atoms with Crippen molar-refractivity contribution >= 4 is 28.2 Å². The molecular formula is C17H20FN3S2. The van der Waals surface area contributed by atoms with E-state index < -0.39 is 0 Å². The molecule has 122 valence electrons. The van der Waals surface area contributed by atoms with Crippen LogP contribution in [-0.4, -0.2) is 29.9 Å². The lowest BCUT2D eigenvalue weighted by Crippen LogP contribution is -2.44. The number of nitrogens with zero attached hydrogens (tertiary/aromatic N) is 2. The molecule has 3 heterocycles. The number of hydrogen-bond donors (Lipinski definition) is 1. The van der Waals surface area contributed by atoms with Gasteiger partial charge in [0, 0.05) is 41.6 Å². The summed E-state index contributed by atoms with van der Waals surface area (Å²) in [5.74, 6) is 0.977. The van der Waals surface area contributed by atoms with Gasteiger partial charge < -0.3 is 10.2 Å². The third kappa shape index (κ3) is 3.39. The summed E-state index contributed by atoms with van der Waals surface area (Å²) in [5.41, 5.74) is 1.14. The van der Waals surface area contributed by atoms with E-state index in [0.717, 1.165) is 48.8 Å². The van der Waals surface area contributed by atoms with Gasteiger partial charge in [-0.3, -0.25) is 0 Å². The van der Waals surface area contributed by atoms with Crippen LogP contribution in [0.4, 0.5) is 9.52 Å². The average molecular weight is 350 g/mol. The summed E-state index contributed by atoms with van der Waals surface area (Å²) in [6.45, 7) is 2.09. The van der Waals surface area contributed by atoms with Crippen molar-refractivity contribution in [1.82, 2.24) is 10.3 Å². The van der Waals surface area contributed by atoms with Crippen molar-refractivity contribution < 1.29 is 4.39 Å². The van der Waals surface area contributed by atoms with Gasteiger partial charge in [0.15, 0.2) is 5.13 Å². The molecule has 0 spiro atoms. The Morgan fingerprint density at radius 1 is 1.22 bits per heavy atom. The van der Waals surface area contributed by atoms with Crippen molar-refractivity contribution in [2.75, 3.05) is 23.7 Å². The number of thiazole rings is 1. The Morgan fingerprint density at radius 2 is 2.09 bits per heavy atom. The van der Waals surface area contributed by atoms with Gasteiger partial charge in [0.2, 0.25) is 0 Å². The molecule has 2 aliphatic heterocycles. The first-order valence-electron chi connectivity index (χ1n) is 8.12. The predicted molar refractivity (Wildman–Crippen MR) is 95.0 cm³/mol. The number of halogens is 1. The lowest BCUT2D eigenvalue weighted by Gasteiger charge is -2.36. The van der Waals surface area contributed by atoms with Gasteiger partial charge in [0.05, 0.1) is 0 Å². The minimum Gasteiger partial charge on any atom is -0.348 e. The van der Waals surface area contributed by atoms with Crippen LogP contribution in [-0.2, 0) is 0 Å². The fourth-order valence-electron chi connectivity index (χ4n) is 3.43. The van der Waals surface area contributed by atoms with Crippen molar-refractivity contribution in [2.45, 2.75) is 36.2 Å². The van der Waals surface area contributed by atoms with Crippen LogP contribution in [0.3, 0.4) is 0 Å². The molecule has 4 rings (SSSR count). The SMILES string of the molecule is Fc1ccc2c(c1)C(NC1CCN(c3nccs3)CC1)CCS2. The Hall–Kier alpha value is -1.11. The molecule has 1 aromatic heterocycles. The topological polar surface area (TPSA) is 28.2 Å². The van der Waals surface area contributed by atoms with E-state index in [-0.39, 0.29) is 5.82 Å². The van der Waals surface area contributed by atoms with E-state index in [0.29, 0.717) is 12.1 Å². The summed E-state index contributed by atoms with van der Waals surface area (Å²) in [6, 6.07) is 6.01. The number of thioether (sulfide) groups is 1. The molecule has 1 fully saturated rings. The van der Waals surface area contributed by atoms with Gasteiger partial charge in [-0.15, -0.1) is 23.1 Å². The maximum atomic E-state index is 13.6. The van der Waals surface area contributed by atoms with E-state index in [2.05, 4.69) is 15.2 Å². The Labute approximate surface area is 144 Å². The zero-order valence-electron chi connectivity index (χ0n) is 12.9. The second-order valence-corrected chi connectivity index (χ2v) is 8.12. The first kappa shape index (κ1) is 15.4. The van der Waals surface area contributed by atoms with E-state index in [9.17, 15) is 4.39 Å². The molecule has 23 heavy (non-hydrogen) atoms. The predicted octanol–water partition coefficient (Wildman–Crippen LogP) is 4.08. The summed E-state index contributed by atoms with van der Waals surface area (Å²) < 4.78 is 13.6. The lowest BCUT2D eigenvalue weighted by atomic mass is 9.99. The quantitative estimate of drug-likeness (QED) is 0.904. The molecule has 2 aromatic rings. The fraction of sp³-hybridized carbons (Fsp3) is 0.471. The zero-order chi connectivity index (χ0) is 15.6. The number of hydrogen-bond acceptors (Lipinski definition) is 5. The van der Waals surface area contributed by atoms with Crippen LogP contribution >= 0.6 is 23.1 Å². The molecule has 1 aromatic carbocycles. The number of anilines is 1. The van der Waals surface area contributed by atoms with Crippen LogP contribution < -0.4 is 10.2 Å². The molecule has 1 saturated heterocycles. The van der Waals surface area contributed by atoms with E-state index in [4.69, 9.17) is 0 Å². The van der Waals surface area contributed by atoms with Crippen molar-refractivity contribution in [3.05, 3.63) is 41.2 Å². The smallest absolute Gasteiger partial charge is 0.185 e. The van der Waals surface area contributed by atoms with Gasteiger partial charge in [-0.2, -0.15) is 0 Å². The molecule has 3 nitrogen and oxygen atoms in total. The van der Waals surface area contributed by atoms with Crippen molar-refractivity contribution in [2.24, 2.45) is 0 Å². The number of piperidine rings is 1. The van der Waals surface area contributed by atoms with Crippen LogP contribution in [0.25, 0.3) is 0 Å². The summed E-state index contributed by atoms with van der Waals surface area (Å²) in [7, 11) is 0. The van der Waals surface area contributed by atoms with Gasteiger partial charge in [-0.1, -0.05) is 0 Å². The zero-order valence-corrected chi connectivity index (χ0v) is 14.5. The molecule has 0 aliphatic carbocycles. The van der Waals surface area contributed by atoms with Crippen LogP contribution in [0.15, 0.2) is 34.7 Å². The number of fused-ring (bicyclic) bond motifs is 1.